The number of ether oxygens (including phenoxy) is 2. The molecule has 0 radical (unpaired) electrons. The van der Waals surface area contributed by atoms with Crippen LogP contribution in [0.2, 0.25) is 5.02 Å². The van der Waals surface area contributed by atoms with E-state index in [-0.39, 0.29) is 16.5 Å². The lowest BCUT2D eigenvalue weighted by molar-refractivity contribution is -0.123. The number of aromatic nitrogens is 1. The summed E-state index contributed by atoms with van der Waals surface area (Å²) in [6.07, 6.45) is -1.10. The number of alkyl halides is 3. The highest BCUT2D eigenvalue weighted by molar-refractivity contribution is 6.32. The zero-order valence-corrected chi connectivity index (χ0v) is 18.0. The normalized spacial score (nSPS) is 11.4. The Labute approximate surface area is 183 Å². The maximum Gasteiger partial charge on any atom is 0.405 e. The third kappa shape index (κ3) is 6.95. The van der Waals surface area contributed by atoms with E-state index in [1.165, 1.54) is 6.07 Å². The number of nitrogens with two attached hydrogens (primary N) is 1. The Morgan fingerprint density at radius 3 is 2.35 bits per heavy atom. The van der Waals surface area contributed by atoms with Crippen LogP contribution in [0.1, 0.15) is 50.0 Å². The smallest absolute Gasteiger partial charge is 0.405 e. The molecule has 0 saturated heterocycles. The molecule has 0 spiro atoms. The minimum Gasteiger partial charge on any atom is -0.493 e. The van der Waals surface area contributed by atoms with Gasteiger partial charge in [0.1, 0.15) is 23.7 Å². The van der Waals surface area contributed by atoms with Crippen molar-refractivity contribution in [2.45, 2.75) is 45.7 Å². The first-order chi connectivity index (χ1) is 14.7. The fourth-order valence-electron chi connectivity index (χ4n) is 2.51. The molecule has 0 saturated carbocycles. The second-order valence-corrected chi connectivity index (χ2v) is 7.16. The van der Waals surface area contributed by atoms with Crippen molar-refractivity contribution in [2.24, 2.45) is 0 Å². The van der Waals surface area contributed by atoms with Gasteiger partial charge in [0, 0.05) is 6.07 Å². The number of unbranched alkanes of at least 4 members (excludes halogenated alkanes) is 2. The van der Waals surface area contributed by atoms with E-state index >= 15 is 0 Å². The van der Waals surface area contributed by atoms with Crippen molar-refractivity contribution < 1.29 is 32.0 Å². The number of benzene rings is 1. The van der Waals surface area contributed by atoms with E-state index in [1.807, 2.05) is 13.8 Å². The Bertz CT molecular complexity index is 887. The Morgan fingerprint density at radius 2 is 1.77 bits per heavy atom. The van der Waals surface area contributed by atoms with Crippen LogP contribution in [0, 0.1) is 0 Å². The molecule has 0 unspecified atom stereocenters. The minimum absolute atomic E-state index is 0.0364. The summed E-state index contributed by atoms with van der Waals surface area (Å²) >= 11 is 6.33. The number of nitrogens with zero attached hydrogens (tertiary/aromatic N) is 1. The number of amides is 1. The number of hydrogen-bond donors (Lipinski definition) is 2. The quantitative estimate of drug-likeness (QED) is 0.443. The summed E-state index contributed by atoms with van der Waals surface area (Å²) in [7, 11) is 0. The average molecular weight is 464 g/mol. The van der Waals surface area contributed by atoms with Gasteiger partial charge in [0.25, 0.3) is 5.91 Å². The molecule has 1 aromatic carbocycles. The number of rotatable bonds is 11. The average Bonchev–Trinajstić information content (AvgIpc) is 3.09. The summed E-state index contributed by atoms with van der Waals surface area (Å²) in [5, 5.41) is 5.50. The number of anilines is 1. The van der Waals surface area contributed by atoms with Crippen molar-refractivity contribution in [3.05, 3.63) is 22.8 Å². The van der Waals surface area contributed by atoms with Gasteiger partial charge in [-0.2, -0.15) is 13.2 Å². The summed E-state index contributed by atoms with van der Waals surface area (Å²) in [5.74, 6) is -0.393. The van der Waals surface area contributed by atoms with Crippen molar-refractivity contribution >= 4 is 23.2 Å². The third-order valence-corrected chi connectivity index (χ3v) is 4.48. The predicted octanol–water partition coefficient (Wildman–Crippen LogP) is 5.23. The molecule has 3 N–H and O–H groups in total. The standard InChI is InChI=1S/C20H25ClF3N3O4/c1-3-5-7-29-14-10-15(30-8-6-4-2)13(21)9-12(14)18-16(25)17(27-31-18)19(28)26-11-20(22,23)24/h9-10H,3-8,11,25H2,1-2H3,(H,26,28). The maximum atomic E-state index is 12.4. The van der Waals surface area contributed by atoms with Crippen LogP contribution in [0.15, 0.2) is 16.7 Å². The van der Waals surface area contributed by atoms with Crippen molar-refractivity contribution in [3.8, 4) is 22.8 Å². The number of carbonyl (C=O) groups is 1. The summed E-state index contributed by atoms with van der Waals surface area (Å²) < 4.78 is 53.8. The molecule has 1 aromatic heterocycles. The molecule has 0 aliphatic rings. The molecule has 31 heavy (non-hydrogen) atoms. The van der Waals surface area contributed by atoms with Crippen LogP contribution in [-0.2, 0) is 0 Å². The van der Waals surface area contributed by atoms with Gasteiger partial charge in [0.15, 0.2) is 11.5 Å². The van der Waals surface area contributed by atoms with Crippen molar-refractivity contribution in [3.63, 3.8) is 0 Å². The molecule has 7 nitrogen and oxygen atoms in total. The molecule has 1 amide bonds. The molecule has 2 rings (SSSR count). The first kappa shape index (κ1) is 24.6. The molecule has 0 aliphatic heterocycles. The van der Waals surface area contributed by atoms with Crippen molar-refractivity contribution in [1.29, 1.82) is 0 Å². The number of nitrogen functional groups attached to an aromatic ring is 1. The Balaban J connectivity index is 2.36. The predicted molar refractivity (Wildman–Crippen MR) is 111 cm³/mol. The third-order valence-electron chi connectivity index (χ3n) is 4.18. The molecule has 2 aromatic rings. The van der Waals surface area contributed by atoms with Gasteiger partial charge in [-0.05, 0) is 18.9 Å². The SMILES string of the molecule is CCCCOc1cc(OCCCC)c(-c2onc(C(=O)NCC(F)(F)F)c2N)cc1Cl. The second-order valence-electron chi connectivity index (χ2n) is 6.75. The van der Waals surface area contributed by atoms with Crippen molar-refractivity contribution in [2.75, 3.05) is 25.5 Å². The maximum absolute atomic E-state index is 12.4. The molecular weight excluding hydrogens is 439 g/mol. The molecule has 0 atom stereocenters. The fourth-order valence-corrected chi connectivity index (χ4v) is 2.73. The summed E-state index contributed by atoms with van der Waals surface area (Å²) in [6.45, 7) is 3.38. The van der Waals surface area contributed by atoms with Crippen LogP contribution >= 0.6 is 11.6 Å². The topological polar surface area (TPSA) is 99.6 Å². The Kier molecular flexibility index (Phi) is 8.85. The lowest BCUT2D eigenvalue weighted by atomic mass is 10.1. The van der Waals surface area contributed by atoms with Crippen LogP contribution < -0.4 is 20.5 Å². The van der Waals surface area contributed by atoms with Crippen LogP contribution in [0.25, 0.3) is 11.3 Å². The van der Waals surface area contributed by atoms with E-state index in [2.05, 4.69) is 5.16 Å². The second kappa shape index (κ2) is 11.1. The van der Waals surface area contributed by atoms with Gasteiger partial charge in [0.05, 0.1) is 23.8 Å². The number of halogens is 4. The molecule has 0 aliphatic carbocycles. The zero-order chi connectivity index (χ0) is 23.0. The summed E-state index contributed by atoms with van der Waals surface area (Å²) in [6, 6.07) is 3.09. The van der Waals surface area contributed by atoms with E-state index in [0.29, 0.717) is 30.3 Å². The minimum atomic E-state index is -4.57. The number of hydrogen-bond acceptors (Lipinski definition) is 6. The van der Waals surface area contributed by atoms with Gasteiger partial charge in [-0.1, -0.05) is 43.4 Å². The first-order valence-corrected chi connectivity index (χ1v) is 10.2. The molecule has 1 heterocycles. The number of carbonyl (C=O) groups excluding carboxylic acids is 1. The molecule has 0 bridgehead atoms. The van der Waals surface area contributed by atoms with Gasteiger partial charge in [-0.15, -0.1) is 0 Å². The zero-order valence-electron chi connectivity index (χ0n) is 17.3. The molecule has 172 valence electrons. The lowest BCUT2D eigenvalue weighted by Crippen LogP contribution is -2.34. The number of nitrogens with one attached hydrogen (secondary N) is 1. The highest BCUT2D eigenvalue weighted by atomic mass is 35.5. The van der Waals surface area contributed by atoms with E-state index in [4.69, 9.17) is 31.3 Å². The summed E-state index contributed by atoms with van der Waals surface area (Å²) in [4.78, 5) is 12.0. The van der Waals surface area contributed by atoms with Crippen LogP contribution in [0.3, 0.4) is 0 Å². The Hall–Kier alpha value is -2.62. The molecule has 0 fully saturated rings. The molecule has 11 heteroatoms. The lowest BCUT2D eigenvalue weighted by Gasteiger charge is -2.14. The van der Waals surface area contributed by atoms with E-state index in [0.717, 1.165) is 25.7 Å². The monoisotopic (exact) mass is 463 g/mol. The van der Waals surface area contributed by atoms with Crippen molar-refractivity contribution in [1.82, 2.24) is 10.5 Å². The van der Waals surface area contributed by atoms with Crippen LogP contribution in [0.5, 0.6) is 11.5 Å². The van der Waals surface area contributed by atoms with Crippen LogP contribution in [0.4, 0.5) is 18.9 Å². The molecular formula is C20H25ClF3N3O4. The van der Waals surface area contributed by atoms with Gasteiger partial charge in [-0.3, -0.25) is 4.79 Å². The summed E-state index contributed by atoms with van der Waals surface area (Å²) in [5.41, 5.74) is 5.58. The first-order valence-electron chi connectivity index (χ1n) is 9.87. The van der Waals surface area contributed by atoms with Gasteiger partial charge < -0.3 is 25.0 Å². The van der Waals surface area contributed by atoms with E-state index < -0.39 is 24.3 Å². The van der Waals surface area contributed by atoms with Gasteiger partial charge >= 0.3 is 6.18 Å². The Morgan fingerprint density at radius 1 is 1.16 bits per heavy atom. The highest BCUT2D eigenvalue weighted by Crippen LogP contribution is 2.41. The van der Waals surface area contributed by atoms with E-state index in [9.17, 15) is 18.0 Å². The fraction of sp³-hybridized carbons (Fsp3) is 0.500. The highest BCUT2D eigenvalue weighted by Gasteiger charge is 2.30. The van der Waals surface area contributed by atoms with Crippen LogP contribution in [-0.4, -0.2) is 37.0 Å². The van der Waals surface area contributed by atoms with Gasteiger partial charge in [-0.25, -0.2) is 0 Å². The van der Waals surface area contributed by atoms with E-state index in [1.54, 1.807) is 11.4 Å². The van der Waals surface area contributed by atoms with Gasteiger partial charge in [0.2, 0.25) is 0 Å². The largest absolute Gasteiger partial charge is 0.493 e.